The predicted octanol–water partition coefficient (Wildman–Crippen LogP) is -0.400. The Hall–Kier alpha value is -1.37. The van der Waals surface area contributed by atoms with E-state index < -0.39 is 7.12 Å². The van der Waals surface area contributed by atoms with Crippen LogP contribution in [-0.2, 0) is 0 Å². The van der Waals surface area contributed by atoms with Crippen molar-refractivity contribution in [2.75, 3.05) is 0 Å². The van der Waals surface area contributed by atoms with Crippen molar-refractivity contribution in [1.29, 1.82) is 0 Å². The molecule has 2 N–H and O–H groups in total. The number of hydrogen-bond donors (Lipinski definition) is 2. The molecule has 0 aromatic carbocycles. The Morgan fingerprint density at radius 2 is 2.20 bits per heavy atom. The molecule has 76 valence electrons. The Balaban J connectivity index is 2.42. The summed E-state index contributed by atoms with van der Waals surface area (Å²) in [7, 11) is -1.53. The topological polar surface area (TPSA) is 71.2 Å². The second-order valence-electron chi connectivity index (χ2n) is 2.91. The molecule has 0 saturated heterocycles. The molecule has 0 saturated carbocycles. The average Bonchev–Trinajstić information content (AvgIpc) is 2.67. The largest absolute Gasteiger partial charge is 0.491 e. The lowest BCUT2D eigenvalue weighted by Gasteiger charge is -2.01. The molecule has 0 atom stereocenters. The van der Waals surface area contributed by atoms with Gasteiger partial charge in [-0.25, -0.2) is 9.67 Å². The van der Waals surface area contributed by atoms with Gasteiger partial charge in [-0.1, -0.05) is 11.6 Å². The van der Waals surface area contributed by atoms with Gasteiger partial charge in [-0.15, -0.1) is 0 Å². The van der Waals surface area contributed by atoms with Crippen LogP contribution in [0, 0.1) is 0 Å². The third-order valence-electron chi connectivity index (χ3n) is 1.89. The molecule has 0 aliphatic rings. The molecule has 0 spiro atoms. The molecule has 0 aliphatic heterocycles. The highest BCUT2D eigenvalue weighted by atomic mass is 35.5. The van der Waals surface area contributed by atoms with Crippen LogP contribution in [0.2, 0.25) is 5.15 Å². The van der Waals surface area contributed by atoms with E-state index >= 15 is 0 Å². The molecule has 0 radical (unpaired) electrons. The smallest absolute Gasteiger partial charge is 0.423 e. The minimum absolute atomic E-state index is 0.301. The summed E-state index contributed by atoms with van der Waals surface area (Å²) in [4.78, 5) is 3.89. The van der Waals surface area contributed by atoms with E-state index in [0.29, 0.717) is 16.3 Å². The Morgan fingerprint density at radius 3 is 2.80 bits per heavy atom. The normalized spacial score (nSPS) is 10.3. The van der Waals surface area contributed by atoms with E-state index in [1.165, 1.54) is 17.1 Å². The van der Waals surface area contributed by atoms with Crippen LogP contribution >= 0.6 is 11.6 Å². The Morgan fingerprint density at radius 1 is 1.40 bits per heavy atom. The molecule has 0 bridgehead atoms. The Kier molecular flexibility index (Phi) is 2.72. The van der Waals surface area contributed by atoms with Gasteiger partial charge < -0.3 is 10.0 Å². The summed E-state index contributed by atoms with van der Waals surface area (Å²) in [6.45, 7) is 0. The molecule has 0 aliphatic carbocycles. The van der Waals surface area contributed by atoms with Crippen LogP contribution in [0.5, 0.6) is 0 Å². The first-order chi connectivity index (χ1) is 7.18. The number of nitrogens with zero attached hydrogens (tertiary/aromatic N) is 3. The van der Waals surface area contributed by atoms with Gasteiger partial charge in [0.2, 0.25) is 0 Å². The summed E-state index contributed by atoms with van der Waals surface area (Å²) in [5.74, 6) is 0. The first-order valence-electron chi connectivity index (χ1n) is 4.20. The average molecular weight is 223 g/mol. The molecule has 7 heteroatoms. The standard InChI is InChI=1S/C8H7BClN3O2/c10-8-7(2-1-3-11-8)13-5-6(4-12-13)9(14)15/h1-5,14-15H. The van der Waals surface area contributed by atoms with E-state index in [2.05, 4.69) is 10.1 Å². The van der Waals surface area contributed by atoms with Gasteiger partial charge in [-0.3, -0.25) is 0 Å². The minimum atomic E-state index is -1.53. The molecule has 0 unspecified atom stereocenters. The molecular weight excluding hydrogens is 216 g/mol. The predicted molar refractivity (Wildman–Crippen MR) is 56.2 cm³/mol. The van der Waals surface area contributed by atoms with Gasteiger partial charge in [0.05, 0.1) is 0 Å². The molecular formula is C8H7BClN3O2. The fraction of sp³-hybridized carbons (Fsp3) is 0. The van der Waals surface area contributed by atoms with Crippen LogP contribution in [0.1, 0.15) is 0 Å². The second-order valence-corrected chi connectivity index (χ2v) is 3.26. The molecule has 2 aromatic rings. The van der Waals surface area contributed by atoms with Gasteiger partial charge in [0, 0.05) is 24.1 Å². The third kappa shape index (κ3) is 2.01. The monoisotopic (exact) mass is 223 g/mol. The molecule has 2 aromatic heterocycles. The lowest BCUT2D eigenvalue weighted by Crippen LogP contribution is -2.28. The summed E-state index contributed by atoms with van der Waals surface area (Å²) in [5, 5.41) is 22.1. The van der Waals surface area contributed by atoms with Crippen molar-refractivity contribution in [3.05, 3.63) is 35.9 Å². The third-order valence-corrected chi connectivity index (χ3v) is 2.18. The van der Waals surface area contributed by atoms with Crippen molar-refractivity contribution in [3.63, 3.8) is 0 Å². The van der Waals surface area contributed by atoms with Crippen molar-refractivity contribution in [1.82, 2.24) is 14.8 Å². The molecule has 15 heavy (non-hydrogen) atoms. The van der Waals surface area contributed by atoms with E-state index in [0.717, 1.165) is 0 Å². The fourth-order valence-corrected chi connectivity index (χ4v) is 1.36. The Bertz CT molecular complexity index is 474. The zero-order valence-electron chi connectivity index (χ0n) is 7.58. The lowest BCUT2D eigenvalue weighted by molar-refractivity contribution is 0.426. The van der Waals surface area contributed by atoms with Crippen LogP contribution < -0.4 is 5.46 Å². The van der Waals surface area contributed by atoms with Crippen LogP contribution in [0.15, 0.2) is 30.7 Å². The highest BCUT2D eigenvalue weighted by Crippen LogP contribution is 2.14. The maximum Gasteiger partial charge on any atom is 0.491 e. The zero-order valence-corrected chi connectivity index (χ0v) is 8.33. The number of pyridine rings is 1. The van der Waals surface area contributed by atoms with E-state index in [9.17, 15) is 0 Å². The summed E-state index contributed by atoms with van der Waals surface area (Å²) in [6, 6.07) is 3.45. The van der Waals surface area contributed by atoms with Gasteiger partial charge in [0.15, 0.2) is 5.15 Å². The first kappa shape index (κ1) is 10.2. The van der Waals surface area contributed by atoms with Crippen LogP contribution in [-0.4, -0.2) is 31.9 Å². The highest BCUT2D eigenvalue weighted by Gasteiger charge is 2.14. The number of hydrogen-bond acceptors (Lipinski definition) is 4. The summed E-state index contributed by atoms with van der Waals surface area (Å²) in [5.41, 5.74) is 0.890. The van der Waals surface area contributed by atoms with Crippen molar-refractivity contribution in [3.8, 4) is 5.69 Å². The highest BCUT2D eigenvalue weighted by molar-refractivity contribution is 6.58. The SMILES string of the molecule is OB(O)c1cnn(-c2cccnc2Cl)c1. The van der Waals surface area contributed by atoms with Gasteiger partial charge >= 0.3 is 7.12 Å². The molecule has 2 heterocycles. The van der Waals surface area contributed by atoms with Crippen molar-refractivity contribution in [2.45, 2.75) is 0 Å². The first-order valence-corrected chi connectivity index (χ1v) is 4.58. The quantitative estimate of drug-likeness (QED) is 0.537. The van der Waals surface area contributed by atoms with E-state index in [1.54, 1.807) is 18.3 Å². The lowest BCUT2D eigenvalue weighted by atomic mass is 9.83. The maximum atomic E-state index is 8.91. The van der Waals surface area contributed by atoms with E-state index in [4.69, 9.17) is 21.6 Å². The van der Waals surface area contributed by atoms with Crippen LogP contribution in [0.4, 0.5) is 0 Å². The molecule has 0 fully saturated rings. The Labute approximate surface area is 91.1 Å². The summed E-state index contributed by atoms with van der Waals surface area (Å²) in [6.07, 6.45) is 4.40. The molecule has 5 nitrogen and oxygen atoms in total. The van der Waals surface area contributed by atoms with Gasteiger partial charge in [-0.05, 0) is 12.1 Å². The van der Waals surface area contributed by atoms with E-state index in [-0.39, 0.29) is 0 Å². The van der Waals surface area contributed by atoms with Crippen LogP contribution in [0.3, 0.4) is 0 Å². The van der Waals surface area contributed by atoms with Gasteiger partial charge in [-0.2, -0.15) is 5.10 Å². The zero-order chi connectivity index (χ0) is 10.8. The van der Waals surface area contributed by atoms with Gasteiger partial charge in [0.25, 0.3) is 0 Å². The van der Waals surface area contributed by atoms with Crippen molar-refractivity contribution < 1.29 is 10.0 Å². The second kappa shape index (κ2) is 4.02. The van der Waals surface area contributed by atoms with Crippen molar-refractivity contribution in [2.24, 2.45) is 0 Å². The van der Waals surface area contributed by atoms with Gasteiger partial charge in [0.1, 0.15) is 5.69 Å². The summed E-state index contributed by atoms with van der Waals surface area (Å²) < 4.78 is 1.43. The molecule has 2 rings (SSSR count). The van der Waals surface area contributed by atoms with E-state index in [1.807, 2.05) is 0 Å². The minimum Gasteiger partial charge on any atom is -0.423 e. The van der Waals surface area contributed by atoms with Crippen LogP contribution in [0.25, 0.3) is 5.69 Å². The maximum absolute atomic E-state index is 8.91. The fourth-order valence-electron chi connectivity index (χ4n) is 1.15. The number of aromatic nitrogens is 3. The molecule has 0 amide bonds. The summed E-state index contributed by atoms with van der Waals surface area (Å²) >= 11 is 5.85. The van der Waals surface area contributed by atoms with Crippen molar-refractivity contribution >= 4 is 24.2 Å². The number of rotatable bonds is 2. The number of halogens is 1.